The molecule has 2 rings (SSSR count). The molecule has 76 valence electrons. The topological polar surface area (TPSA) is 50.2 Å². The first-order valence-corrected chi connectivity index (χ1v) is 4.82. The van der Waals surface area contributed by atoms with Crippen LogP contribution in [0.4, 0.5) is 0 Å². The molecule has 1 aromatic carbocycles. The molecule has 2 aromatic rings. The highest BCUT2D eigenvalue weighted by Crippen LogP contribution is 2.29. The molecule has 0 bridgehead atoms. The Kier molecular flexibility index (Phi) is 2.50. The number of hydrogen-bond donors (Lipinski definition) is 1. The molecule has 1 aromatic heterocycles. The summed E-state index contributed by atoms with van der Waals surface area (Å²) in [5.41, 5.74) is 0.634. The number of aromatic carboxylic acids is 1. The second-order valence-corrected chi connectivity index (χ2v) is 3.75. The number of fused-ring (bicyclic) bond motifs is 1. The van der Waals surface area contributed by atoms with Gasteiger partial charge in [0.1, 0.15) is 0 Å². The molecule has 1 heterocycles. The van der Waals surface area contributed by atoms with Crippen molar-refractivity contribution in [3.63, 3.8) is 0 Å². The van der Waals surface area contributed by atoms with E-state index >= 15 is 0 Å². The van der Waals surface area contributed by atoms with E-state index < -0.39 is 5.97 Å². The van der Waals surface area contributed by atoms with Crippen LogP contribution in [0.3, 0.4) is 0 Å². The van der Waals surface area contributed by atoms with E-state index in [1.165, 1.54) is 12.3 Å². The van der Waals surface area contributed by atoms with E-state index in [-0.39, 0.29) is 5.56 Å². The van der Waals surface area contributed by atoms with Crippen molar-refractivity contribution >= 4 is 40.1 Å². The minimum absolute atomic E-state index is 0.126. The third kappa shape index (κ3) is 1.76. The van der Waals surface area contributed by atoms with Gasteiger partial charge in [0.2, 0.25) is 0 Å². The van der Waals surface area contributed by atoms with Crippen molar-refractivity contribution in [1.29, 1.82) is 0 Å². The van der Waals surface area contributed by atoms with Crippen LogP contribution in [0.25, 0.3) is 10.9 Å². The van der Waals surface area contributed by atoms with Crippen LogP contribution in [0, 0.1) is 0 Å². The maximum Gasteiger partial charge on any atom is 0.337 e. The Labute approximate surface area is 95.3 Å². The van der Waals surface area contributed by atoms with Crippen LogP contribution in [0.5, 0.6) is 0 Å². The van der Waals surface area contributed by atoms with Gasteiger partial charge >= 0.3 is 5.97 Å². The van der Waals surface area contributed by atoms with E-state index in [0.717, 1.165) is 0 Å². The van der Waals surface area contributed by atoms with Crippen molar-refractivity contribution in [1.82, 2.24) is 4.98 Å². The fourth-order valence-electron chi connectivity index (χ4n) is 1.26. The van der Waals surface area contributed by atoms with Crippen molar-refractivity contribution in [3.8, 4) is 0 Å². The van der Waals surface area contributed by atoms with Gasteiger partial charge in [-0.05, 0) is 12.1 Å². The summed E-state index contributed by atoms with van der Waals surface area (Å²) in [7, 11) is 0. The van der Waals surface area contributed by atoms with Crippen LogP contribution < -0.4 is 0 Å². The molecule has 0 aliphatic carbocycles. The fourth-order valence-corrected chi connectivity index (χ4v) is 1.63. The molecule has 0 saturated heterocycles. The van der Waals surface area contributed by atoms with Crippen LogP contribution in [-0.4, -0.2) is 16.1 Å². The Bertz CT molecular complexity index is 554. The third-order valence-corrected chi connectivity index (χ3v) is 2.79. The van der Waals surface area contributed by atoms with Crippen LogP contribution in [-0.2, 0) is 0 Å². The van der Waals surface area contributed by atoms with Gasteiger partial charge in [-0.1, -0.05) is 29.3 Å². The molecule has 3 nitrogen and oxygen atoms in total. The lowest BCUT2D eigenvalue weighted by molar-refractivity contribution is 0.0696. The van der Waals surface area contributed by atoms with Crippen LogP contribution >= 0.6 is 23.2 Å². The molecule has 1 N–H and O–H groups in total. The molecule has 0 fully saturated rings. The van der Waals surface area contributed by atoms with Crippen LogP contribution in [0.1, 0.15) is 10.4 Å². The van der Waals surface area contributed by atoms with Crippen molar-refractivity contribution in [3.05, 3.63) is 40.0 Å². The zero-order chi connectivity index (χ0) is 11.0. The van der Waals surface area contributed by atoms with E-state index in [0.29, 0.717) is 20.9 Å². The summed E-state index contributed by atoms with van der Waals surface area (Å²) < 4.78 is 0. The lowest BCUT2D eigenvalue weighted by atomic mass is 10.1. The first-order valence-electron chi connectivity index (χ1n) is 4.06. The smallest absolute Gasteiger partial charge is 0.337 e. The first-order chi connectivity index (χ1) is 7.09. The first kappa shape index (κ1) is 10.2. The largest absolute Gasteiger partial charge is 0.478 e. The third-order valence-electron chi connectivity index (χ3n) is 1.99. The molecule has 15 heavy (non-hydrogen) atoms. The quantitative estimate of drug-likeness (QED) is 0.834. The molecular formula is C10H5Cl2NO2. The van der Waals surface area contributed by atoms with E-state index in [2.05, 4.69) is 4.98 Å². The van der Waals surface area contributed by atoms with E-state index in [1.54, 1.807) is 12.1 Å². The number of aromatic nitrogens is 1. The van der Waals surface area contributed by atoms with Gasteiger partial charge in [-0.25, -0.2) is 4.79 Å². The number of carbonyl (C=O) groups is 1. The van der Waals surface area contributed by atoms with Crippen LogP contribution in [0.2, 0.25) is 10.0 Å². The molecule has 0 spiro atoms. The normalized spacial score (nSPS) is 10.5. The van der Waals surface area contributed by atoms with Crippen molar-refractivity contribution in [2.75, 3.05) is 0 Å². The monoisotopic (exact) mass is 241 g/mol. The second kappa shape index (κ2) is 3.68. The number of benzene rings is 1. The van der Waals surface area contributed by atoms with Crippen LogP contribution in [0.15, 0.2) is 24.4 Å². The van der Waals surface area contributed by atoms with Crippen molar-refractivity contribution < 1.29 is 9.90 Å². The van der Waals surface area contributed by atoms with Crippen molar-refractivity contribution in [2.24, 2.45) is 0 Å². The number of pyridine rings is 1. The summed E-state index contributed by atoms with van der Waals surface area (Å²) in [5.74, 6) is -1.02. The predicted octanol–water partition coefficient (Wildman–Crippen LogP) is 3.24. The number of halogens is 2. The summed E-state index contributed by atoms with van der Waals surface area (Å²) >= 11 is 11.7. The summed E-state index contributed by atoms with van der Waals surface area (Å²) in [6, 6.07) is 4.80. The molecule has 0 aliphatic heterocycles. The van der Waals surface area contributed by atoms with E-state index in [1.807, 2.05) is 0 Å². The van der Waals surface area contributed by atoms with Gasteiger partial charge in [0.05, 0.1) is 21.1 Å². The average molecular weight is 242 g/mol. The van der Waals surface area contributed by atoms with E-state index in [9.17, 15) is 4.79 Å². The molecule has 0 radical (unpaired) electrons. The molecule has 0 unspecified atom stereocenters. The van der Waals surface area contributed by atoms with Gasteiger partial charge in [-0.3, -0.25) is 4.98 Å². The molecular weight excluding hydrogens is 237 g/mol. The van der Waals surface area contributed by atoms with E-state index in [4.69, 9.17) is 28.3 Å². The number of hydrogen-bond acceptors (Lipinski definition) is 2. The van der Waals surface area contributed by atoms with Gasteiger partial charge in [0.15, 0.2) is 0 Å². The van der Waals surface area contributed by atoms with Gasteiger partial charge in [0, 0.05) is 11.6 Å². The molecule has 0 aliphatic rings. The summed E-state index contributed by atoms with van der Waals surface area (Å²) in [4.78, 5) is 14.7. The van der Waals surface area contributed by atoms with Gasteiger partial charge < -0.3 is 5.11 Å². The van der Waals surface area contributed by atoms with Gasteiger partial charge in [-0.2, -0.15) is 0 Å². The summed E-state index contributed by atoms with van der Waals surface area (Å²) in [5, 5.41) is 10.2. The Balaban J connectivity index is 2.75. The maximum absolute atomic E-state index is 10.7. The summed E-state index contributed by atoms with van der Waals surface area (Å²) in [6.07, 6.45) is 1.26. The SMILES string of the molecule is O=C(O)c1cnc2c(Cl)c(Cl)ccc2c1. The maximum atomic E-state index is 10.7. The fraction of sp³-hybridized carbons (Fsp3) is 0. The zero-order valence-electron chi connectivity index (χ0n) is 7.37. The minimum atomic E-state index is -1.02. The number of carboxylic acids is 1. The number of rotatable bonds is 1. The number of nitrogens with zero attached hydrogens (tertiary/aromatic N) is 1. The minimum Gasteiger partial charge on any atom is -0.478 e. The van der Waals surface area contributed by atoms with Gasteiger partial charge in [-0.15, -0.1) is 0 Å². The molecule has 0 saturated carbocycles. The van der Waals surface area contributed by atoms with Gasteiger partial charge in [0.25, 0.3) is 0 Å². The Morgan fingerprint density at radius 2 is 2.07 bits per heavy atom. The average Bonchev–Trinajstić information content (AvgIpc) is 2.23. The molecule has 0 amide bonds. The molecule has 5 heteroatoms. The predicted molar refractivity (Wildman–Crippen MR) is 58.7 cm³/mol. The standard InChI is InChI=1S/C10H5Cl2NO2/c11-7-2-1-5-3-6(10(14)15)4-13-9(5)8(7)12/h1-4H,(H,14,15). The lowest BCUT2D eigenvalue weighted by Crippen LogP contribution is -1.97. The highest BCUT2D eigenvalue weighted by Gasteiger charge is 2.08. The highest BCUT2D eigenvalue weighted by molar-refractivity contribution is 6.45. The Morgan fingerprint density at radius 1 is 1.33 bits per heavy atom. The van der Waals surface area contributed by atoms with Crippen molar-refractivity contribution in [2.45, 2.75) is 0 Å². The second-order valence-electron chi connectivity index (χ2n) is 2.96. The molecule has 0 atom stereocenters. The Hall–Kier alpha value is -1.32. The number of carboxylic acid groups (broad SMARTS) is 1. The zero-order valence-corrected chi connectivity index (χ0v) is 8.88. The summed E-state index contributed by atoms with van der Waals surface area (Å²) in [6.45, 7) is 0. The highest BCUT2D eigenvalue weighted by atomic mass is 35.5. The Morgan fingerprint density at radius 3 is 2.73 bits per heavy atom. The lowest BCUT2D eigenvalue weighted by Gasteiger charge is -2.02.